The van der Waals surface area contributed by atoms with E-state index in [4.69, 9.17) is 0 Å². The zero-order chi connectivity index (χ0) is 11.7. The maximum Gasteiger partial charge on any atom is 0.164 e. The van der Waals surface area contributed by atoms with Crippen molar-refractivity contribution in [3.05, 3.63) is 0 Å². The SMILES string of the molecule is C[C@@H]1CC[C@]2(O)C(=O)CC[C@@H]3[C@H]([C@@H]12)C3(C)C. The summed E-state index contributed by atoms with van der Waals surface area (Å²) in [5.74, 6) is 2.14. The van der Waals surface area contributed by atoms with Crippen LogP contribution >= 0.6 is 0 Å². The van der Waals surface area contributed by atoms with Gasteiger partial charge in [0.1, 0.15) is 5.60 Å². The molecule has 2 nitrogen and oxygen atoms in total. The first-order valence-corrected chi connectivity index (χ1v) is 6.64. The number of hydrogen-bond acceptors (Lipinski definition) is 2. The lowest BCUT2D eigenvalue weighted by molar-refractivity contribution is -0.142. The zero-order valence-electron chi connectivity index (χ0n) is 10.5. The molecule has 3 rings (SSSR count). The van der Waals surface area contributed by atoms with Crippen LogP contribution in [0, 0.1) is 29.1 Å². The van der Waals surface area contributed by atoms with Crippen LogP contribution in [0.2, 0.25) is 0 Å². The van der Waals surface area contributed by atoms with E-state index in [0.29, 0.717) is 36.0 Å². The highest BCUT2D eigenvalue weighted by atomic mass is 16.3. The maximum atomic E-state index is 12.1. The largest absolute Gasteiger partial charge is 0.382 e. The molecule has 0 aromatic carbocycles. The number of rotatable bonds is 0. The lowest BCUT2D eigenvalue weighted by Crippen LogP contribution is -2.44. The normalized spacial score (nSPS) is 54.1. The van der Waals surface area contributed by atoms with E-state index in [-0.39, 0.29) is 11.7 Å². The first kappa shape index (κ1) is 10.8. The molecule has 0 bridgehead atoms. The molecular formula is C14H22O2. The molecule has 0 aliphatic heterocycles. The quantitative estimate of drug-likeness (QED) is 0.683. The van der Waals surface area contributed by atoms with E-state index in [0.717, 1.165) is 12.8 Å². The third-order valence-corrected chi connectivity index (χ3v) is 5.84. The second kappa shape index (κ2) is 2.90. The van der Waals surface area contributed by atoms with Gasteiger partial charge in [0.2, 0.25) is 0 Å². The molecule has 0 aromatic rings. The Balaban J connectivity index is 2.01. The molecule has 0 aromatic heterocycles. The third kappa shape index (κ3) is 1.09. The summed E-state index contributed by atoms with van der Waals surface area (Å²) < 4.78 is 0. The fraction of sp³-hybridized carbons (Fsp3) is 0.929. The Bertz CT molecular complexity index is 347. The van der Waals surface area contributed by atoms with Crippen molar-refractivity contribution in [2.45, 2.75) is 52.1 Å². The average Bonchev–Trinajstić information content (AvgIpc) is 2.64. The first-order valence-electron chi connectivity index (χ1n) is 6.64. The molecule has 0 unspecified atom stereocenters. The highest BCUT2D eigenvalue weighted by Gasteiger charge is 2.69. The Kier molecular flexibility index (Phi) is 1.95. The van der Waals surface area contributed by atoms with E-state index in [9.17, 15) is 9.90 Å². The molecule has 16 heavy (non-hydrogen) atoms. The molecule has 0 amide bonds. The summed E-state index contributed by atoms with van der Waals surface area (Å²) in [6.45, 7) is 6.83. The van der Waals surface area contributed by atoms with Crippen molar-refractivity contribution in [2.75, 3.05) is 0 Å². The van der Waals surface area contributed by atoms with Gasteiger partial charge in [0.15, 0.2) is 5.78 Å². The minimum absolute atomic E-state index is 0.129. The van der Waals surface area contributed by atoms with Crippen LogP contribution in [-0.4, -0.2) is 16.5 Å². The second-order valence-corrected chi connectivity index (χ2v) is 6.88. The smallest absolute Gasteiger partial charge is 0.164 e. The van der Waals surface area contributed by atoms with E-state index in [2.05, 4.69) is 20.8 Å². The predicted molar refractivity (Wildman–Crippen MR) is 61.8 cm³/mol. The predicted octanol–water partition coefficient (Wildman–Crippen LogP) is 2.40. The third-order valence-electron chi connectivity index (χ3n) is 5.84. The fourth-order valence-corrected chi connectivity index (χ4v) is 4.80. The minimum Gasteiger partial charge on any atom is -0.382 e. The van der Waals surface area contributed by atoms with E-state index in [1.165, 1.54) is 0 Å². The average molecular weight is 222 g/mol. The molecule has 3 fully saturated rings. The molecule has 0 saturated heterocycles. The van der Waals surface area contributed by atoms with Crippen LogP contribution in [0.4, 0.5) is 0 Å². The fourth-order valence-electron chi connectivity index (χ4n) is 4.80. The van der Waals surface area contributed by atoms with Gasteiger partial charge in [-0.1, -0.05) is 20.8 Å². The summed E-state index contributed by atoms with van der Waals surface area (Å²) in [4.78, 5) is 12.1. The van der Waals surface area contributed by atoms with Crippen molar-refractivity contribution in [3.63, 3.8) is 0 Å². The van der Waals surface area contributed by atoms with Gasteiger partial charge < -0.3 is 5.11 Å². The molecule has 0 spiro atoms. The number of carbonyl (C=O) groups excluding carboxylic acids is 1. The Morgan fingerprint density at radius 1 is 1.25 bits per heavy atom. The summed E-state index contributed by atoms with van der Waals surface area (Å²) in [7, 11) is 0. The summed E-state index contributed by atoms with van der Waals surface area (Å²) in [5, 5.41) is 10.7. The molecular weight excluding hydrogens is 200 g/mol. The van der Waals surface area contributed by atoms with Crippen molar-refractivity contribution < 1.29 is 9.90 Å². The first-order chi connectivity index (χ1) is 7.39. The van der Waals surface area contributed by atoms with Gasteiger partial charge >= 0.3 is 0 Å². The van der Waals surface area contributed by atoms with Gasteiger partial charge in [0, 0.05) is 12.3 Å². The van der Waals surface area contributed by atoms with Crippen molar-refractivity contribution in [1.82, 2.24) is 0 Å². The highest BCUT2D eigenvalue weighted by Crippen LogP contribution is 2.70. The Labute approximate surface area is 97.4 Å². The van der Waals surface area contributed by atoms with Crippen molar-refractivity contribution in [2.24, 2.45) is 29.1 Å². The summed E-state index contributed by atoms with van der Waals surface area (Å²) in [6, 6.07) is 0. The van der Waals surface area contributed by atoms with Crippen molar-refractivity contribution in [3.8, 4) is 0 Å². The van der Waals surface area contributed by atoms with Crippen LogP contribution in [0.1, 0.15) is 46.5 Å². The van der Waals surface area contributed by atoms with E-state index in [1.807, 2.05) is 0 Å². The Hall–Kier alpha value is -0.370. The van der Waals surface area contributed by atoms with Crippen molar-refractivity contribution in [1.29, 1.82) is 0 Å². The Morgan fingerprint density at radius 2 is 1.94 bits per heavy atom. The Morgan fingerprint density at radius 3 is 2.62 bits per heavy atom. The summed E-state index contributed by atoms with van der Waals surface area (Å²) in [5.41, 5.74) is -0.607. The van der Waals surface area contributed by atoms with Gasteiger partial charge in [-0.05, 0) is 42.4 Å². The number of carbonyl (C=O) groups is 1. The van der Waals surface area contributed by atoms with Gasteiger partial charge in [-0.15, -0.1) is 0 Å². The van der Waals surface area contributed by atoms with Crippen LogP contribution < -0.4 is 0 Å². The minimum atomic E-state index is -0.966. The monoisotopic (exact) mass is 222 g/mol. The molecule has 5 atom stereocenters. The zero-order valence-corrected chi connectivity index (χ0v) is 10.5. The summed E-state index contributed by atoms with van der Waals surface area (Å²) >= 11 is 0. The highest BCUT2D eigenvalue weighted by molar-refractivity contribution is 5.88. The molecule has 0 heterocycles. The molecule has 1 N–H and O–H groups in total. The molecule has 90 valence electrons. The second-order valence-electron chi connectivity index (χ2n) is 6.88. The number of Topliss-reactive ketones (excluding diaryl/α,β-unsaturated/α-hetero) is 1. The van der Waals surface area contributed by atoms with Gasteiger partial charge in [0.05, 0.1) is 0 Å². The maximum absolute atomic E-state index is 12.1. The van der Waals surface area contributed by atoms with Crippen LogP contribution in [0.5, 0.6) is 0 Å². The summed E-state index contributed by atoms with van der Waals surface area (Å²) in [6.07, 6.45) is 3.33. The lowest BCUT2D eigenvalue weighted by Gasteiger charge is -2.31. The number of aliphatic hydroxyl groups is 1. The number of hydrogen-bond donors (Lipinski definition) is 1. The molecule has 3 aliphatic rings. The van der Waals surface area contributed by atoms with Gasteiger partial charge in [-0.2, -0.15) is 0 Å². The lowest BCUT2D eigenvalue weighted by atomic mass is 9.77. The van der Waals surface area contributed by atoms with Crippen LogP contribution in [0.15, 0.2) is 0 Å². The van der Waals surface area contributed by atoms with E-state index < -0.39 is 5.60 Å². The molecule has 3 aliphatic carbocycles. The van der Waals surface area contributed by atoms with Crippen molar-refractivity contribution >= 4 is 5.78 Å². The van der Waals surface area contributed by atoms with E-state index in [1.54, 1.807) is 0 Å². The van der Waals surface area contributed by atoms with Gasteiger partial charge in [-0.3, -0.25) is 4.79 Å². The van der Waals surface area contributed by atoms with Crippen LogP contribution in [0.25, 0.3) is 0 Å². The van der Waals surface area contributed by atoms with E-state index >= 15 is 0 Å². The van der Waals surface area contributed by atoms with Gasteiger partial charge in [-0.25, -0.2) is 0 Å². The number of ketones is 1. The molecule has 0 radical (unpaired) electrons. The standard InChI is InChI=1S/C14H22O2/c1-8-6-7-14(16)10(15)5-4-9-12(11(8)14)13(9,2)3/h8-9,11-12,16H,4-7H2,1-3H3/t8-,9-,11-,12-,14+/m1/s1. The van der Waals surface area contributed by atoms with Crippen LogP contribution in [-0.2, 0) is 4.79 Å². The topological polar surface area (TPSA) is 37.3 Å². The van der Waals surface area contributed by atoms with Gasteiger partial charge in [0.25, 0.3) is 0 Å². The van der Waals surface area contributed by atoms with Crippen LogP contribution in [0.3, 0.4) is 0 Å². The molecule has 2 heteroatoms. The molecule has 3 saturated carbocycles. The number of fused-ring (bicyclic) bond motifs is 3.